The Morgan fingerprint density at radius 3 is 2.48 bits per heavy atom. The van der Waals surface area contributed by atoms with Crippen molar-refractivity contribution in [3.63, 3.8) is 0 Å². The van der Waals surface area contributed by atoms with Gasteiger partial charge in [0.25, 0.3) is 0 Å². The molecule has 3 heterocycles. The van der Waals surface area contributed by atoms with Crippen molar-refractivity contribution in [1.29, 1.82) is 0 Å². The minimum absolute atomic E-state index is 0.0180. The molecule has 0 spiro atoms. The molecule has 3 atom stereocenters. The summed E-state index contributed by atoms with van der Waals surface area (Å²) in [6.45, 7) is 7.55. The number of ether oxygens (including phenoxy) is 5. The molecule has 3 aliphatic rings. The Hall–Kier alpha value is -3.22. The van der Waals surface area contributed by atoms with E-state index in [4.69, 9.17) is 35.3 Å². The third-order valence-corrected chi connectivity index (χ3v) is 9.59. The average Bonchev–Trinajstić information content (AvgIpc) is 3.07. The Kier molecular flexibility index (Phi) is 11.6. The second-order valence-electron chi connectivity index (χ2n) is 12.0. The molecule has 2 fully saturated rings. The number of piperidine rings is 1. The van der Waals surface area contributed by atoms with Gasteiger partial charge in [-0.1, -0.05) is 48.9 Å². The first-order chi connectivity index (χ1) is 22.3. The monoisotopic (exact) mass is 656 g/mol. The first-order valence-corrected chi connectivity index (χ1v) is 16.3. The average molecular weight is 657 g/mol. The van der Waals surface area contributed by atoms with Crippen molar-refractivity contribution in [2.75, 3.05) is 66.8 Å². The van der Waals surface area contributed by atoms with Gasteiger partial charge in [0.15, 0.2) is 0 Å². The Morgan fingerprint density at radius 2 is 1.80 bits per heavy atom. The fourth-order valence-corrected chi connectivity index (χ4v) is 6.74. The highest BCUT2D eigenvalue weighted by molar-refractivity contribution is 6.31. The van der Waals surface area contributed by atoms with Crippen LogP contribution >= 0.6 is 11.6 Å². The second-order valence-corrected chi connectivity index (χ2v) is 12.7. The number of rotatable bonds is 14. The molecular weight excluding hydrogens is 612 g/mol. The van der Waals surface area contributed by atoms with Crippen LogP contribution in [0, 0.1) is 0 Å². The van der Waals surface area contributed by atoms with Crippen LogP contribution in [-0.2, 0) is 20.8 Å². The summed E-state index contributed by atoms with van der Waals surface area (Å²) in [6, 6.07) is 9.46. The quantitative estimate of drug-likeness (QED) is 0.230. The third kappa shape index (κ3) is 7.66. The number of allylic oxidation sites excluding steroid dienone is 2. The van der Waals surface area contributed by atoms with Gasteiger partial charge in [0, 0.05) is 32.8 Å². The minimum Gasteiger partial charge on any atom is -0.481 e. The SMILES string of the molecule is COc1nc(OCC2(OCCCN3CCOCC3)C=CC=C(c3ccccc3)C2(C)Cl)nc(OC)c1CN1CCCCC1C(=O)O. The number of carboxylic acid groups (broad SMARTS) is 1. The number of alkyl halides is 1. The molecule has 0 bridgehead atoms. The summed E-state index contributed by atoms with van der Waals surface area (Å²) in [6.07, 6.45) is 9.10. The molecule has 1 N–H and O–H groups in total. The van der Waals surface area contributed by atoms with E-state index in [1.807, 2.05) is 60.4 Å². The Morgan fingerprint density at radius 1 is 1.09 bits per heavy atom. The summed E-state index contributed by atoms with van der Waals surface area (Å²) in [4.78, 5) is 24.3. The molecule has 1 aromatic heterocycles. The summed E-state index contributed by atoms with van der Waals surface area (Å²) in [7, 11) is 3.02. The van der Waals surface area contributed by atoms with Crippen molar-refractivity contribution in [3.8, 4) is 17.8 Å². The predicted octanol–water partition coefficient (Wildman–Crippen LogP) is 4.44. The van der Waals surface area contributed by atoms with Gasteiger partial charge in [-0.15, -0.1) is 11.6 Å². The van der Waals surface area contributed by atoms with Crippen LogP contribution < -0.4 is 14.2 Å². The molecule has 2 aromatic rings. The molecule has 0 amide bonds. The number of hydrogen-bond acceptors (Lipinski definition) is 10. The summed E-state index contributed by atoms with van der Waals surface area (Å²) in [5.74, 6) is -0.327. The highest BCUT2D eigenvalue weighted by atomic mass is 35.5. The molecule has 1 aromatic carbocycles. The van der Waals surface area contributed by atoms with Crippen molar-refractivity contribution in [3.05, 3.63) is 59.7 Å². The lowest BCUT2D eigenvalue weighted by Crippen LogP contribution is -2.55. The van der Waals surface area contributed by atoms with E-state index >= 15 is 0 Å². The molecule has 12 heteroatoms. The van der Waals surface area contributed by atoms with Gasteiger partial charge in [-0.3, -0.25) is 14.6 Å². The van der Waals surface area contributed by atoms with E-state index in [1.165, 1.54) is 14.2 Å². The molecular formula is C34H45ClN4O7. The number of likely N-dealkylation sites (tertiary alicyclic amines) is 1. The van der Waals surface area contributed by atoms with Gasteiger partial charge in [0.2, 0.25) is 11.8 Å². The van der Waals surface area contributed by atoms with Crippen LogP contribution in [0.3, 0.4) is 0 Å². The van der Waals surface area contributed by atoms with Crippen LogP contribution in [0.1, 0.15) is 43.7 Å². The maximum atomic E-state index is 11.9. The Bertz CT molecular complexity index is 1360. The van der Waals surface area contributed by atoms with Gasteiger partial charge in [0.05, 0.1) is 33.0 Å². The van der Waals surface area contributed by atoms with E-state index in [0.29, 0.717) is 25.1 Å². The lowest BCUT2D eigenvalue weighted by Gasteiger charge is -2.45. The molecule has 11 nitrogen and oxygen atoms in total. The largest absolute Gasteiger partial charge is 0.481 e. The Labute approximate surface area is 276 Å². The maximum Gasteiger partial charge on any atom is 0.323 e. The lowest BCUT2D eigenvalue weighted by atomic mass is 9.76. The maximum absolute atomic E-state index is 11.9. The predicted molar refractivity (Wildman–Crippen MR) is 175 cm³/mol. The molecule has 1 aliphatic carbocycles. The molecule has 3 unspecified atom stereocenters. The van der Waals surface area contributed by atoms with Crippen LogP contribution in [0.15, 0.2) is 48.6 Å². The lowest BCUT2D eigenvalue weighted by molar-refractivity contribution is -0.144. The number of benzene rings is 1. The number of carbonyl (C=O) groups is 1. The third-order valence-electron chi connectivity index (χ3n) is 9.07. The standard InChI is InChI=1S/C34H45ClN4O7/c1-33(35)27(25-11-5-4-6-12-25)13-9-15-34(33,46-20-10-16-38-18-21-44-22-19-38)24-45-32-36-29(42-2)26(30(37-32)43-3)23-39-17-8-7-14-28(39)31(40)41/h4-6,9,11-13,15,28H,7-8,10,14,16-24H2,1-3H3,(H,40,41). The second kappa shape index (κ2) is 15.6. The van der Waals surface area contributed by atoms with E-state index < -0.39 is 22.5 Å². The van der Waals surface area contributed by atoms with E-state index in [2.05, 4.69) is 14.9 Å². The van der Waals surface area contributed by atoms with E-state index in [9.17, 15) is 9.90 Å². The number of aliphatic carboxylic acids is 1. The van der Waals surface area contributed by atoms with Gasteiger partial charge in [-0.2, -0.15) is 9.97 Å². The highest BCUT2D eigenvalue weighted by Gasteiger charge is 2.51. The molecule has 46 heavy (non-hydrogen) atoms. The molecule has 0 radical (unpaired) electrons. The molecule has 5 rings (SSSR count). The first-order valence-electron chi connectivity index (χ1n) is 15.9. The van der Waals surface area contributed by atoms with Crippen LogP contribution in [0.25, 0.3) is 5.57 Å². The fourth-order valence-electron chi connectivity index (χ4n) is 6.40. The van der Waals surface area contributed by atoms with E-state index in [-0.39, 0.29) is 30.9 Å². The number of halogens is 1. The highest BCUT2D eigenvalue weighted by Crippen LogP contribution is 2.47. The normalized spacial score (nSPS) is 25.6. The molecule has 250 valence electrons. The smallest absolute Gasteiger partial charge is 0.323 e. The summed E-state index contributed by atoms with van der Waals surface area (Å²) >= 11 is 7.48. The number of hydrogen-bond donors (Lipinski definition) is 1. The van der Waals surface area contributed by atoms with Crippen molar-refractivity contribution >= 4 is 23.1 Å². The van der Waals surface area contributed by atoms with Crippen molar-refractivity contribution in [2.45, 2.75) is 55.7 Å². The van der Waals surface area contributed by atoms with Crippen molar-refractivity contribution < 1.29 is 33.6 Å². The number of nitrogens with zero attached hydrogens (tertiary/aromatic N) is 4. The van der Waals surface area contributed by atoms with E-state index in [0.717, 1.165) is 63.2 Å². The van der Waals surface area contributed by atoms with Gasteiger partial charge >= 0.3 is 12.0 Å². The molecule has 0 saturated carbocycles. The van der Waals surface area contributed by atoms with Crippen LogP contribution in [0.5, 0.6) is 17.8 Å². The number of morpholine rings is 1. The van der Waals surface area contributed by atoms with Gasteiger partial charge in [0.1, 0.15) is 23.1 Å². The van der Waals surface area contributed by atoms with Crippen LogP contribution in [-0.4, -0.2) is 114 Å². The number of carboxylic acids is 1. The molecule has 2 aliphatic heterocycles. The van der Waals surface area contributed by atoms with Gasteiger partial charge < -0.3 is 28.8 Å². The first kappa shape index (κ1) is 34.1. The fraction of sp³-hybridized carbons (Fsp3) is 0.559. The summed E-state index contributed by atoms with van der Waals surface area (Å²) in [5.41, 5.74) is 1.40. The van der Waals surface area contributed by atoms with Crippen LogP contribution in [0.2, 0.25) is 0 Å². The Balaban J connectivity index is 1.38. The van der Waals surface area contributed by atoms with E-state index in [1.54, 1.807) is 0 Å². The zero-order valence-electron chi connectivity index (χ0n) is 27.0. The number of methoxy groups -OCH3 is 2. The summed E-state index contributed by atoms with van der Waals surface area (Å²) < 4.78 is 29.8. The zero-order valence-corrected chi connectivity index (χ0v) is 27.7. The molecule has 2 saturated heterocycles. The zero-order chi connectivity index (χ0) is 32.6. The number of aromatic nitrogens is 2. The topological polar surface area (TPSA) is 116 Å². The minimum atomic E-state index is -1.06. The van der Waals surface area contributed by atoms with Crippen molar-refractivity contribution in [1.82, 2.24) is 19.8 Å². The van der Waals surface area contributed by atoms with Crippen LogP contribution in [0.4, 0.5) is 0 Å². The summed E-state index contributed by atoms with van der Waals surface area (Å²) in [5, 5.41) is 9.78. The van der Waals surface area contributed by atoms with Crippen molar-refractivity contribution in [2.24, 2.45) is 0 Å². The van der Waals surface area contributed by atoms with Gasteiger partial charge in [-0.05, 0) is 49.9 Å². The van der Waals surface area contributed by atoms with Gasteiger partial charge in [-0.25, -0.2) is 0 Å².